The summed E-state index contributed by atoms with van der Waals surface area (Å²) < 4.78 is 30.1. The Hall–Kier alpha value is -0.890. The van der Waals surface area contributed by atoms with Crippen molar-refractivity contribution in [2.75, 3.05) is 32.4 Å². The molecule has 0 unspecified atom stereocenters. The molecule has 0 amide bonds. The van der Waals surface area contributed by atoms with Gasteiger partial charge in [-0.3, -0.25) is 4.90 Å². The molecule has 0 radical (unpaired) electrons. The molecule has 0 aromatic carbocycles. The molecular formula is C14H25N3O3S. The van der Waals surface area contributed by atoms with E-state index in [-0.39, 0.29) is 0 Å². The summed E-state index contributed by atoms with van der Waals surface area (Å²) in [5.41, 5.74) is 1.18. The Morgan fingerprint density at radius 3 is 2.52 bits per heavy atom. The van der Waals surface area contributed by atoms with Gasteiger partial charge in [0, 0.05) is 44.3 Å². The highest BCUT2D eigenvalue weighted by molar-refractivity contribution is 7.88. The standard InChI is InChI=1S/C14H25N3O3S/c1-12(2)15-10-14-13(4-9-20-14)11-16-5-7-17(8-6-16)21(3,18)19/h4,9,12,15H,5-8,10-11H2,1-3H3. The molecule has 1 aliphatic heterocycles. The van der Waals surface area contributed by atoms with E-state index >= 15 is 0 Å². The average molecular weight is 315 g/mol. The summed E-state index contributed by atoms with van der Waals surface area (Å²) in [6, 6.07) is 2.42. The molecule has 120 valence electrons. The van der Waals surface area contributed by atoms with E-state index in [0.717, 1.165) is 31.9 Å². The molecule has 1 aromatic heterocycles. The number of nitrogens with zero attached hydrogens (tertiary/aromatic N) is 2. The van der Waals surface area contributed by atoms with Gasteiger partial charge in [0.05, 0.1) is 19.1 Å². The molecule has 0 bridgehead atoms. The van der Waals surface area contributed by atoms with E-state index in [1.165, 1.54) is 11.8 Å². The Morgan fingerprint density at radius 2 is 1.95 bits per heavy atom. The van der Waals surface area contributed by atoms with E-state index in [0.29, 0.717) is 19.1 Å². The number of nitrogens with one attached hydrogen (secondary N) is 1. The third kappa shape index (κ3) is 4.81. The van der Waals surface area contributed by atoms with Gasteiger partial charge in [-0.15, -0.1) is 0 Å². The lowest BCUT2D eigenvalue weighted by molar-refractivity contribution is 0.181. The zero-order valence-electron chi connectivity index (χ0n) is 13.0. The van der Waals surface area contributed by atoms with E-state index < -0.39 is 10.0 Å². The quantitative estimate of drug-likeness (QED) is 0.843. The molecule has 1 N–H and O–H groups in total. The molecule has 7 heteroatoms. The number of hydrogen-bond acceptors (Lipinski definition) is 5. The second-order valence-electron chi connectivity index (χ2n) is 5.84. The fourth-order valence-electron chi connectivity index (χ4n) is 2.42. The van der Waals surface area contributed by atoms with Gasteiger partial charge >= 0.3 is 0 Å². The lowest BCUT2D eigenvalue weighted by atomic mass is 10.2. The highest BCUT2D eigenvalue weighted by Gasteiger charge is 2.24. The molecule has 6 nitrogen and oxygen atoms in total. The van der Waals surface area contributed by atoms with Crippen LogP contribution in [0.4, 0.5) is 0 Å². The van der Waals surface area contributed by atoms with Crippen LogP contribution in [0.15, 0.2) is 16.7 Å². The van der Waals surface area contributed by atoms with Gasteiger partial charge in [-0.1, -0.05) is 13.8 Å². The number of rotatable bonds is 6. The Morgan fingerprint density at radius 1 is 1.29 bits per heavy atom. The summed E-state index contributed by atoms with van der Waals surface area (Å²) in [5, 5.41) is 3.35. The number of sulfonamides is 1. The summed E-state index contributed by atoms with van der Waals surface area (Å²) in [6.07, 6.45) is 2.99. The summed E-state index contributed by atoms with van der Waals surface area (Å²) in [5.74, 6) is 0.967. The van der Waals surface area contributed by atoms with Crippen LogP contribution >= 0.6 is 0 Å². The van der Waals surface area contributed by atoms with E-state index in [4.69, 9.17) is 4.42 Å². The van der Waals surface area contributed by atoms with Crippen LogP contribution in [-0.2, 0) is 23.1 Å². The van der Waals surface area contributed by atoms with E-state index in [9.17, 15) is 8.42 Å². The molecule has 1 aromatic rings. The predicted octanol–water partition coefficient (Wildman–Crippen LogP) is 0.855. The summed E-state index contributed by atoms with van der Waals surface area (Å²) in [6.45, 7) is 8.39. The fourth-order valence-corrected chi connectivity index (χ4v) is 3.25. The minimum absolute atomic E-state index is 0.418. The normalized spacial score (nSPS) is 18.5. The first kappa shape index (κ1) is 16.5. The second-order valence-corrected chi connectivity index (χ2v) is 7.83. The lowest BCUT2D eigenvalue weighted by Crippen LogP contribution is -2.47. The first-order valence-electron chi connectivity index (χ1n) is 7.32. The zero-order valence-corrected chi connectivity index (χ0v) is 13.8. The van der Waals surface area contributed by atoms with Crippen LogP contribution in [0.2, 0.25) is 0 Å². The van der Waals surface area contributed by atoms with Crippen molar-refractivity contribution < 1.29 is 12.8 Å². The molecule has 1 saturated heterocycles. The van der Waals surface area contributed by atoms with Crippen LogP contribution in [0.1, 0.15) is 25.2 Å². The van der Waals surface area contributed by atoms with Crippen molar-refractivity contribution >= 4 is 10.0 Å². The molecular weight excluding hydrogens is 290 g/mol. The second kappa shape index (κ2) is 6.91. The van der Waals surface area contributed by atoms with Gasteiger partial charge in [0.15, 0.2) is 0 Å². The largest absolute Gasteiger partial charge is 0.468 e. The van der Waals surface area contributed by atoms with Crippen LogP contribution in [0, 0.1) is 0 Å². The molecule has 1 fully saturated rings. The SMILES string of the molecule is CC(C)NCc1occc1CN1CCN(S(C)(=O)=O)CC1. The molecule has 0 atom stereocenters. The molecule has 0 saturated carbocycles. The first-order valence-corrected chi connectivity index (χ1v) is 9.17. The molecule has 0 spiro atoms. The predicted molar refractivity (Wildman–Crippen MR) is 82.4 cm³/mol. The van der Waals surface area contributed by atoms with Crippen molar-refractivity contribution in [3.8, 4) is 0 Å². The van der Waals surface area contributed by atoms with Gasteiger partial charge in [0.2, 0.25) is 10.0 Å². The van der Waals surface area contributed by atoms with Crippen molar-refractivity contribution in [3.63, 3.8) is 0 Å². The van der Waals surface area contributed by atoms with Gasteiger partial charge in [0.1, 0.15) is 5.76 Å². The van der Waals surface area contributed by atoms with Gasteiger partial charge in [-0.05, 0) is 6.07 Å². The van der Waals surface area contributed by atoms with Gasteiger partial charge in [-0.2, -0.15) is 4.31 Å². The van der Waals surface area contributed by atoms with Crippen LogP contribution in [0.25, 0.3) is 0 Å². The van der Waals surface area contributed by atoms with E-state index in [2.05, 4.69) is 24.1 Å². The lowest BCUT2D eigenvalue weighted by Gasteiger charge is -2.33. The number of piperazine rings is 1. The van der Waals surface area contributed by atoms with E-state index in [1.54, 1.807) is 10.6 Å². The first-order chi connectivity index (χ1) is 9.86. The smallest absolute Gasteiger partial charge is 0.211 e. The Labute approximate surface area is 127 Å². The van der Waals surface area contributed by atoms with Crippen molar-refractivity contribution in [2.45, 2.75) is 33.0 Å². The van der Waals surface area contributed by atoms with Crippen LogP contribution in [-0.4, -0.2) is 56.1 Å². The third-order valence-electron chi connectivity index (χ3n) is 3.70. The average Bonchev–Trinajstić information content (AvgIpc) is 2.83. The minimum atomic E-state index is -3.06. The number of hydrogen-bond donors (Lipinski definition) is 1. The summed E-state index contributed by atoms with van der Waals surface area (Å²) in [4.78, 5) is 2.27. The zero-order chi connectivity index (χ0) is 15.5. The molecule has 2 heterocycles. The Balaban J connectivity index is 1.88. The molecule has 21 heavy (non-hydrogen) atoms. The van der Waals surface area contributed by atoms with Crippen LogP contribution in [0.3, 0.4) is 0 Å². The van der Waals surface area contributed by atoms with Crippen molar-refractivity contribution in [3.05, 3.63) is 23.7 Å². The fraction of sp³-hybridized carbons (Fsp3) is 0.714. The number of furan rings is 1. The molecule has 0 aliphatic carbocycles. The maximum atomic E-state index is 11.5. The highest BCUT2D eigenvalue weighted by atomic mass is 32.2. The highest BCUT2D eigenvalue weighted by Crippen LogP contribution is 2.15. The minimum Gasteiger partial charge on any atom is -0.468 e. The Bertz CT molecular complexity index is 546. The van der Waals surface area contributed by atoms with Crippen LogP contribution in [0.5, 0.6) is 0 Å². The third-order valence-corrected chi connectivity index (χ3v) is 5.01. The maximum Gasteiger partial charge on any atom is 0.211 e. The van der Waals surface area contributed by atoms with Gasteiger partial charge in [-0.25, -0.2) is 8.42 Å². The summed E-state index contributed by atoms with van der Waals surface area (Å²) in [7, 11) is -3.06. The topological polar surface area (TPSA) is 65.8 Å². The Kier molecular flexibility index (Phi) is 5.43. The summed E-state index contributed by atoms with van der Waals surface area (Å²) >= 11 is 0. The van der Waals surface area contributed by atoms with Crippen molar-refractivity contribution in [1.29, 1.82) is 0 Å². The van der Waals surface area contributed by atoms with Crippen LogP contribution < -0.4 is 5.32 Å². The monoisotopic (exact) mass is 315 g/mol. The molecule has 2 rings (SSSR count). The van der Waals surface area contributed by atoms with Gasteiger partial charge < -0.3 is 9.73 Å². The van der Waals surface area contributed by atoms with Crippen molar-refractivity contribution in [1.82, 2.24) is 14.5 Å². The molecule has 1 aliphatic rings. The van der Waals surface area contributed by atoms with Gasteiger partial charge in [0.25, 0.3) is 0 Å². The van der Waals surface area contributed by atoms with Crippen molar-refractivity contribution in [2.24, 2.45) is 0 Å². The van der Waals surface area contributed by atoms with E-state index in [1.807, 2.05) is 6.07 Å². The maximum absolute atomic E-state index is 11.5.